The minimum atomic E-state index is -0.767. The van der Waals surface area contributed by atoms with Gasteiger partial charge in [0.25, 0.3) is 0 Å². The summed E-state index contributed by atoms with van der Waals surface area (Å²) >= 11 is 0. The predicted molar refractivity (Wildman–Crippen MR) is 102 cm³/mol. The Morgan fingerprint density at radius 2 is 1.52 bits per heavy atom. The molecule has 2 N–H and O–H groups in total. The van der Waals surface area contributed by atoms with Crippen LogP contribution in [0.2, 0.25) is 0 Å². The standard InChI is InChI=1S/C22H30O3/c1-2-3-5-8-19-11-13-21(14-12-19)22(16-23,17-24)18-25-15-20-9-6-4-7-10-20/h4,6-7,9-14,23-24H,2-3,5,8,15-18H2,1H3. The molecule has 0 aromatic heterocycles. The third-order valence-electron chi connectivity index (χ3n) is 4.73. The lowest BCUT2D eigenvalue weighted by molar-refractivity contribution is 0.0131. The second-order valence-corrected chi connectivity index (χ2v) is 6.73. The molecule has 0 radical (unpaired) electrons. The van der Waals surface area contributed by atoms with Gasteiger partial charge in [-0.25, -0.2) is 0 Å². The van der Waals surface area contributed by atoms with E-state index in [1.54, 1.807) is 0 Å². The number of hydrogen-bond donors (Lipinski definition) is 2. The molecule has 0 fully saturated rings. The first kappa shape index (κ1) is 19.6. The lowest BCUT2D eigenvalue weighted by atomic mass is 9.82. The Bertz CT molecular complexity index is 588. The van der Waals surface area contributed by atoms with Gasteiger partial charge in [0, 0.05) is 0 Å². The molecular weight excluding hydrogens is 312 g/mol. The molecule has 0 saturated heterocycles. The molecule has 25 heavy (non-hydrogen) atoms. The number of benzene rings is 2. The van der Waals surface area contributed by atoms with E-state index < -0.39 is 5.41 Å². The van der Waals surface area contributed by atoms with Crippen LogP contribution < -0.4 is 0 Å². The van der Waals surface area contributed by atoms with E-state index in [0.717, 1.165) is 17.5 Å². The Morgan fingerprint density at radius 1 is 0.840 bits per heavy atom. The molecular formula is C22H30O3. The third kappa shape index (κ3) is 5.67. The van der Waals surface area contributed by atoms with Crippen LogP contribution in [0.5, 0.6) is 0 Å². The van der Waals surface area contributed by atoms with E-state index in [-0.39, 0.29) is 19.8 Å². The minimum Gasteiger partial charge on any atom is -0.395 e. The molecule has 3 nitrogen and oxygen atoms in total. The molecule has 0 unspecified atom stereocenters. The molecule has 136 valence electrons. The van der Waals surface area contributed by atoms with E-state index in [9.17, 15) is 10.2 Å². The Labute approximate surface area is 151 Å². The maximum atomic E-state index is 9.93. The van der Waals surface area contributed by atoms with E-state index >= 15 is 0 Å². The summed E-state index contributed by atoms with van der Waals surface area (Å²) in [5.41, 5.74) is 2.53. The van der Waals surface area contributed by atoms with Crippen LogP contribution >= 0.6 is 0 Å². The van der Waals surface area contributed by atoms with Crippen molar-refractivity contribution >= 4 is 0 Å². The van der Waals surface area contributed by atoms with E-state index in [1.807, 2.05) is 42.5 Å². The summed E-state index contributed by atoms with van der Waals surface area (Å²) in [6.07, 6.45) is 4.73. The molecule has 0 spiro atoms. The highest BCUT2D eigenvalue weighted by Gasteiger charge is 2.31. The first-order valence-electron chi connectivity index (χ1n) is 9.17. The van der Waals surface area contributed by atoms with Crippen molar-refractivity contribution < 1.29 is 14.9 Å². The zero-order valence-corrected chi connectivity index (χ0v) is 15.2. The number of ether oxygens (including phenoxy) is 1. The summed E-state index contributed by atoms with van der Waals surface area (Å²) in [4.78, 5) is 0. The van der Waals surface area contributed by atoms with Crippen molar-refractivity contribution in [3.8, 4) is 0 Å². The zero-order valence-electron chi connectivity index (χ0n) is 15.2. The summed E-state index contributed by atoms with van der Waals surface area (Å²) in [5, 5.41) is 19.9. The topological polar surface area (TPSA) is 49.7 Å². The monoisotopic (exact) mass is 342 g/mol. The van der Waals surface area contributed by atoms with Gasteiger partial charge >= 0.3 is 0 Å². The first-order chi connectivity index (χ1) is 12.2. The highest BCUT2D eigenvalue weighted by Crippen LogP contribution is 2.25. The van der Waals surface area contributed by atoms with Gasteiger partial charge in [-0.1, -0.05) is 74.4 Å². The Hall–Kier alpha value is -1.68. The van der Waals surface area contributed by atoms with Crippen LogP contribution in [0, 0.1) is 0 Å². The smallest absolute Gasteiger partial charge is 0.0717 e. The van der Waals surface area contributed by atoms with Gasteiger partial charge in [-0.15, -0.1) is 0 Å². The van der Waals surface area contributed by atoms with Gasteiger partial charge < -0.3 is 14.9 Å². The van der Waals surface area contributed by atoms with Gasteiger partial charge in [-0.3, -0.25) is 0 Å². The second-order valence-electron chi connectivity index (χ2n) is 6.73. The predicted octanol–water partition coefficient (Wildman–Crippen LogP) is 3.86. The second kappa shape index (κ2) is 10.3. The number of unbranched alkanes of at least 4 members (excludes halogenated alkanes) is 2. The van der Waals surface area contributed by atoms with Gasteiger partial charge in [-0.05, 0) is 29.5 Å². The van der Waals surface area contributed by atoms with E-state index in [1.165, 1.54) is 24.8 Å². The van der Waals surface area contributed by atoms with Gasteiger partial charge in [0.2, 0.25) is 0 Å². The Kier molecular flexibility index (Phi) is 8.13. The highest BCUT2D eigenvalue weighted by molar-refractivity contribution is 5.30. The fourth-order valence-electron chi connectivity index (χ4n) is 2.95. The fraction of sp³-hybridized carbons (Fsp3) is 0.455. The van der Waals surface area contributed by atoms with Crippen molar-refractivity contribution in [2.24, 2.45) is 0 Å². The normalized spacial score (nSPS) is 11.6. The number of hydrogen-bond acceptors (Lipinski definition) is 3. The van der Waals surface area contributed by atoms with Gasteiger partial charge in [0.15, 0.2) is 0 Å². The average Bonchev–Trinajstić information content (AvgIpc) is 2.67. The molecule has 0 heterocycles. The minimum absolute atomic E-state index is 0.145. The number of aliphatic hydroxyl groups excluding tert-OH is 2. The van der Waals surface area contributed by atoms with Crippen LogP contribution in [0.25, 0.3) is 0 Å². The molecule has 3 heteroatoms. The quantitative estimate of drug-likeness (QED) is 0.610. The molecule has 0 atom stereocenters. The van der Waals surface area contributed by atoms with Gasteiger partial charge in [-0.2, -0.15) is 0 Å². The largest absolute Gasteiger partial charge is 0.395 e. The van der Waals surface area contributed by atoms with E-state index in [4.69, 9.17) is 4.74 Å². The van der Waals surface area contributed by atoms with E-state index in [0.29, 0.717) is 6.61 Å². The summed E-state index contributed by atoms with van der Waals surface area (Å²) < 4.78 is 5.81. The van der Waals surface area contributed by atoms with Gasteiger partial charge in [0.05, 0.1) is 31.8 Å². The fourth-order valence-corrected chi connectivity index (χ4v) is 2.95. The molecule has 2 rings (SSSR count). The highest BCUT2D eigenvalue weighted by atomic mass is 16.5. The molecule has 0 aliphatic rings. The average molecular weight is 342 g/mol. The molecule has 0 aliphatic heterocycles. The lowest BCUT2D eigenvalue weighted by Gasteiger charge is -2.30. The summed E-state index contributed by atoms with van der Waals surface area (Å²) in [5.74, 6) is 0. The lowest BCUT2D eigenvalue weighted by Crippen LogP contribution is -2.39. The third-order valence-corrected chi connectivity index (χ3v) is 4.73. The Morgan fingerprint density at radius 3 is 2.12 bits per heavy atom. The molecule has 0 saturated carbocycles. The zero-order chi connectivity index (χ0) is 18.0. The SMILES string of the molecule is CCCCCc1ccc(C(CO)(CO)COCc2ccccc2)cc1. The van der Waals surface area contributed by atoms with Gasteiger partial charge in [0.1, 0.15) is 0 Å². The van der Waals surface area contributed by atoms with Crippen molar-refractivity contribution in [2.45, 2.75) is 44.6 Å². The number of aryl methyl sites for hydroxylation is 1. The molecule has 2 aromatic carbocycles. The van der Waals surface area contributed by atoms with Crippen LogP contribution in [0.1, 0.15) is 42.9 Å². The van der Waals surface area contributed by atoms with Crippen molar-refractivity contribution in [3.05, 3.63) is 71.3 Å². The number of aliphatic hydroxyl groups is 2. The molecule has 2 aromatic rings. The molecule has 0 amide bonds. The van der Waals surface area contributed by atoms with Crippen LogP contribution in [-0.2, 0) is 23.2 Å². The molecule has 0 aliphatic carbocycles. The van der Waals surface area contributed by atoms with Crippen LogP contribution in [0.15, 0.2) is 54.6 Å². The Balaban J connectivity index is 1.99. The van der Waals surface area contributed by atoms with Crippen molar-refractivity contribution in [2.75, 3.05) is 19.8 Å². The van der Waals surface area contributed by atoms with Crippen molar-refractivity contribution in [1.29, 1.82) is 0 Å². The van der Waals surface area contributed by atoms with Crippen molar-refractivity contribution in [3.63, 3.8) is 0 Å². The van der Waals surface area contributed by atoms with Crippen LogP contribution in [0.3, 0.4) is 0 Å². The van der Waals surface area contributed by atoms with E-state index in [2.05, 4.69) is 19.1 Å². The first-order valence-corrected chi connectivity index (χ1v) is 9.17. The number of rotatable bonds is 11. The summed E-state index contributed by atoms with van der Waals surface area (Å²) in [6.45, 7) is 2.66. The van der Waals surface area contributed by atoms with Crippen LogP contribution in [0.4, 0.5) is 0 Å². The maximum absolute atomic E-state index is 9.93. The maximum Gasteiger partial charge on any atom is 0.0717 e. The van der Waals surface area contributed by atoms with Crippen molar-refractivity contribution in [1.82, 2.24) is 0 Å². The molecule has 0 bridgehead atoms. The summed E-state index contributed by atoms with van der Waals surface area (Å²) in [6, 6.07) is 18.2. The van der Waals surface area contributed by atoms with Crippen LogP contribution in [-0.4, -0.2) is 30.0 Å². The summed E-state index contributed by atoms with van der Waals surface area (Å²) in [7, 11) is 0.